The number of rotatable bonds is 5. The maximum absolute atomic E-state index is 11.6. The van der Waals surface area contributed by atoms with Gasteiger partial charge in [0.15, 0.2) is 0 Å². The van der Waals surface area contributed by atoms with Crippen molar-refractivity contribution in [2.45, 2.75) is 19.5 Å². The Morgan fingerprint density at radius 2 is 1.93 bits per heavy atom. The lowest BCUT2D eigenvalue weighted by molar-refractivity contribution is 0.0600. The number of methoxy groups -OCH3 is 1. The molecule has 7 nitrogen and oxygen atoms in total. The zero-order valence-electron chi connectivity index (χ0n) is 16.9. The van der Waals surface area contributed by atoms with Gasteiger partial charge in [0, 0.05) is 31.4 Å². The summed E-state index contributed by atoms with van der Waals surface area (Å²) in [5.41, 5.74) is 2.39. The van der Waals surface area contributed by atoms with E-state index < -0.39 is 0 Å². The molecule has 1 aromatic heterocycles. The molecule has 0 amide bonds. The number of anilines is 1. The number of carbonyl (C=O) groups is 1. The third-order valence-electron chi connectivity index (χ3n) is 5.33. The lowest BCUT2D eigenvalue weighted by Gasteiger charge is -2.40. The fourth-order valence-electron chi connectivity index (χ4n) is 3.63. The van der Waals surface area contributed by atoms with Crippen LogP contribution in [-0.4, -0.2) is 53.9 Å². The van der Waals surface area contributed by atoms with Crippen LogP contribution >= 0.6 is 11.6 Å². The Balaban J connectivity index is 1.38. The number of aromatic nitrogens is 2. The lowest BCUT2D eigenvalue weighted by atomic mass is 10.1. The summed E-state index contributed by atoms with van der Waals surface area (Å²) in [6.07, 6.45) is 0. The molecule has 1 unspecified atom stereocenters. The molecule has 1 aliphatic rings. The molecule has 0 radical (unpaired) electrons. The molecule has 30 heavy (non-hydrogen) atoms. The minimum Gasteiger partial charge on any atom is -0.465 e. The highest BCUT2D eigenvalue weighted by Crippen LogP contribution is 2.27. The van der Waals surface area contributed by atoms with Crippen molar-refractivity contribution in [2.75, 3.05) is 31.6 Å². The maximum atomic E-state index is 11.6. The molecule has 0 bridgehead atoms. The van der Waals surface area contributed by atoms with E-state index in [0.717, 1.165) is 30.9 Å². The van der Waals surface area contributed by atoms with E-state index in [9.17, 15) is 4.79 Å². The van der Waals surface area contributed by atoms with Crippen LogP contribution in [0.4, 0.5) is 5.69 Å². The third kappa shape index (κ3) is 4.32. The topological polar surface area (TPSA) is 71.7 Å². The van der Waals surface area contributed by atoms with Crippen molar-refractivity contribution in [1.82, 2.24) is 15.1 Å². The summed E-state index contributed by atoms with van der Waals surface area (Å²) in [6.45, 7) is 5.37. The van der Waals surface area contributed by atoms with Crippen molar-refractivity contribution in [2.24, 2.45) is 0 Å². The average molecular weight is 427 g/mol. The van der Waals surface area contributed by atoms with Gasteiger partial charge < -0.3 is 14.1 Å². The Bertz CT molecular complexity index is 1020. The number of carbonyl (C=O) groups excluding carboxylic acids is 1. The van der Waals surface area contributed by atoms with E-state index in [1.54, 1.807) is 18.2 Å². The van der Waals surface area contributed by atoms with E-state index in [4.69, 9.17) is 20.8 Å². The van der Waals surface area contributed by atoms with Crippen LogP contribution in [0.2, 0.25) is 5.02 Å². The summed E-state index contributed by atoms with van der Waals surface area (Å²) in [5, 5.41) is 8.94. The standard InChI is InChI=1S/C22H23ClN4O3/c1-15-13-27(17-9-7-16(8-10-17)22(28)29-2)12-11-26(15)14-20-24-25-21(30-20)18-5-3-4-6-19(18)23/h3-10,15H,11-14H2,1-2H3. The van der Waals surface area contributed by atoms with E-state index in [2.05, 4.69) is 26.9 Å². The molecule has 0 N–H and O–H groups in total. The molecule has 1 fully saturated rings. The van der Waals surface area contributed by atoms with Crippen LogP contribution in [0.3, 0.4) is 0 Å². The van der Waals surface area contributed by atoms with E-state index in [1.165, 1.54) is 7.11 Å². The third-order valence-corrected chi connectivity index (χ3v) is 5.66. The number of ether oxygens (including phenoxy) is 1. The molecule has 0 spiro atoms. The Hall–Kier alpha value is -2.90. The molecule has 2 heterocycles. The van der Waals surface area contributed by atoms with Crippen molar-refractivity contribution in [3.8, 4) is 11.5 Å². The van der Waals surface area contributed by atoms with Gasteiger partial charge in [-0.05, 0) is 43.3 Å². The van der Waals surface area contributed by atoms with Gasteiger partial charge in [0.25, 0.3) is 0 Å². The van der Waals surface area contributed by atoms with Gasteiger partial charge in [-0.3, -0.25) is 4.90 Å². The average Bonchev–Trinajstić information content (AvgIpc) is 3.23. The highest BCUT2D eigenvalue weighted by atomic mass is 35.5. The van der Waals surface area contributed by atoms with Gasteiger partial charge in [-0.1, -0.05) is 23.7 Å². The van der Waals surface area contributed by atoms with Gasteiger partial charge in [0.2, 0.25) is 11.8 Å². The number of halogens is 1. The first-order valence-electron chi connectivity index (χ1n) is 9.80. The normalized spacial score (nSPS) is 17.2. The zero-order chi connectivity index (χ0) is 21.1. The second kappa shape index (κ2) is 8.85. The number of piperazine rings is 1. The molecular weight excluding hydrogens is 404 g/mol. The second-order valence-electron chi connectivity index (χ2n) is 7.28. The molecule has 0 aliphatic carbocycles. The summed E-state index contributed by atoms with van der Waals surface area (Å²) >= 11 is 6.22. The van der Waals surface area contributed by atoms with Gasteiger partial charge in [-0.25, -0.2) is 4.79 Å². The molecule has 3 aromatic rings. The molecule has 1 aliphatic heterocycles. The lowest BCUT2D eigenvalue weighted by Crippen LogP contribution is -2.51. The number of hydrogen-bond acceptors (Lipinski definition) is 7. The second-order valence-corrected chi connectivity index (χ2v) is 7.69. The zero-order valence-corrected chi connectivity index (χ0v) is 17.7. The summed E-state index contributed by atoms with van der Waals surface area (Å²) in [4.78, 5) is 16.2. The fourth-order valence-corrected chi connectivity index (χ4v) is 3.84. The van der Waals surface area contributed by atoms with Crippen LogP contribution < -0.4 is 4.90 Å². The Morgan fingerprint density at radius 3 is 2.63 bits per heavy atom. The van der Waals surface area contributed by atoms with Gasteiger partial charge in [-0.2, -0.15) is 0 Å². The van der Waals surface area contributed by atoms with Crippen molar-refractivity contribution in [3.05, 3.63) is 65.0 Å². The van der Waals surface area contributed by atoms with Crippen LogP contribution in [0, 0.1) is 0 Å². The minimum atomic E-state index is -0.324. The van der Waals surface area contributed by atoms with Gasteiger partial charge in [-0.15, -0.1) is 10.2 Å². The van der Waals surface area contributed by atoms with Crippen molar-refractivity contribution < 1.29 is 13.9 Å². The molecular formula is C22H23ClN4O3. The molecule has 4 rings (SSSR count). The Kier molecular flexibility index (Phi) is 6.01. The number of nitrogens with zero attached hydrogens (tertiary/aromatic N) is 4. The number of hydrogen-bond donors (Lipinski definition) is 0. The van der Waals surface area contributed by atoms with Crippen molar-refractivity contribution in [3.63, 3.8) is 0 Å². The largest absolute Gasteiger partial charge is 0.465 e. The SMILES string of the molecule is COC(=O)c1ccc(N2CCN(Cc3nnc(-c4ccccc4Cl)o3)C(C)C2)cc1. The van der Waals surface area contributed by atoms with E-state index in [0.29, 0.717) is 35.0 Å². The first kappa shape index (κ1) is 20.4. The fraction of sp³-hybridized carbons (Fsp3) is 0.318. The Labute approximate surface area is 180 Å². The molecule has 1 saturated heterocycles. The first-order valence-corrected chi connectivity index (χ1v) is 10.2. The monoisotopic (exact) mass is 426 g/mol. The molecule has 156 valence electrons. The maximum Gasteiger partial charge on any atom is 0.337 e. The van der Waals surface area contributed by atoms with Crippen molar-refractivity contribution in [1.29, 1.82) is 0 Å². The predicted molar refractivity (Wildman–Crippen MR) is 115 cm³/mol. The predicted octanol–water partition coefficient (Wildman–Crippen LogP) is 3.89. The van der Waals surface area contributed by atoms with Crippen LogP contribution in [0.15, 0.2) is 52.9 Å². The van der Waals surface area contributed by atoms with E-state index >= 15 is 0 Å². The number of esters is 1. The van der Waals surface area contributed by atoms with Crippen LogP contribution in [-0.2, 0) is 11.3 Å². The smallest absolute Gasteiger partial charge is 0.337 e. The van der Waals surface area contributed by atoms with Crippen LogP contribution in [0.5, 0.6) is 0 Å². The molecule has 2 aromatic carbocycles. The van der Waals surface area contributed by atoms with Crippen LogP contribution in [0.25, 0.3) is 11.5 Å². The highest BCUT2D eigenvalue weighted by molar-refractivity contribution is 6.33. The summed E-state index contributed by atoms with van der Waals surface area (Å²) in [5.74, 6) is 0.690. The van der Waals surface area contributed by atoms with Crippen molar-refractivity contribution >= 4 is 23.3 Å². The van der Waals surface area contributed by atoms with E-state index in [1.807, 2.05) is 30.3 Å². The summed E-state index contributed by atoms with van der Waals surface area (Å²) in [6, 6.07) is 15.3. The Morgan fingerprint density at radius 1 is 1.17 bits per heavy atom. The number of benzene rings is 2. The van der Waals surface area contributed by atoms with Crippen LogP contribution in [0.1, 0.15) is 23.2 Å². The molecule has 8 heteroatoms. The quantitative estimate of drug-likeness (QED) is 0.573. The van der Waals surface area contributed by atoms with Gasteiger partial charge >= 0.3 is 5.97 Å². The van der Waals surface area contributed by atoms with Gasteiger partial charge in [0.1, 0.15) is 0 Å². The molecule has 1 atom stereocenters. The first-order chi connectivity index (χ1) is 14.5. The summed E-state index contributed by atoms with van der Waals surface area (Å²) in [7, 11) is 1.39. The molecule has 0 saturated carbocycles. The van der Waals surface area contributed by atoms with Gasteiger partial charge in [0.05, 0.1) is 29.8 Å². The summed E-state index contributed by atoms with van der Waals surface area (Å²) < 4.78 is 10.6. The highest BCUT2D eigenvalue weighted by Gasteiger charge is 2.26. The minimum absolute atomic E-state index is 0.301. The van der Waals surface area contributed by atoms with E-state index in [-0.39, 0.29) is 5.97 Å².